The Morgan fingerprint density at radius 3 is 2.60 bits per heavy atom. The second-order valence-corrected chi connectivity index (χ2v) is 7.20. The van der Waals surface area contributed by atoms with E-state index in [1.165, 1.54) is 0 Å². The summed E-state index contributed by atoms with van der Waals surface area (Å²) in [6.45, 7) is 4.50. The maximum Gasteiger partial charge on any atom is 0.334 e. The lowest BCUT2D eigenvalue weighted by molar-refractivity contribution is 0.427. The number of nitrogens with zero attached hydrogens (tertiary/aromatic N) is 5. The van der Waals surface area contributed by atoms with Crippen LogP contribution in [-0.4, -0.2) is 23.7 Å². The van der Waals surface area contributed by atoms with Crippen molar-refractivity contribution in [3.05, 3.63) is 76.8 Å². The Labute approximate surface area is 172 Å². The third-order valence-electron chi connectivity index (χ3n) is 5.37. The summed E-state index contributed by atoms with van der Waals surface area (Å²) in [5.74, 6) is 0.662. The van der Waals surface area contributed by atoms with E-state index in [0.29, 0.717) is 24.0 Å². The van der Waals surface area contributed by atoms with Crippen LogP contribution in [0.3, 0.4) is 0 Å². The summed E-state index contributed by atoms with van der Waals surface area (Å²) in [5, 5.41) is 0. The van der Waals surface area contributed by atoms with Gasteiger partial charge in [-0.2, -0.15) is 4.98 Å². The van der Waals surface area contributed by atoms with Gasteiger partial charge in [0, 0.05) is 19.8 Å². The number of hydrogen-bond donors (Lipinski definition) is 0. The maximum absolute atomic E-state index is 13.0. The topological polar surface area (TPSA) is 66.9 Å². The van der Waals surface area contributed by atoms with Crippen molar-refractivity contribution >= 4 is 22.2 Å². The molecule has 5 rings (SSSR count). The lowest BCUT2D eigenvalue weighted by Crippen LogP contribution is -2.23. The normalized spacial score (nSPS) is 11.4. The van der Waals surface area contributed by atoms with Crippen molar-refractivity contribution in [1.29, 1.82) is 0 Å². The number of para-hydroxylation sites is 2. The van der Waals surface area contributed by atoms with E-state index in [2.05, 4.69) is 9.97 Å². The Balaban J connectivity index is 1.58. The van der Waals surface area contributed by atoms with Gasteiger partial charge in [0.05, 0.1) is 22.2 Å². The number of fused-ring (bicyclic) bond motifs is 2. The van der Waals surface area contributed by atoms with Crippen LogP contribution in [0.25, 0.3) is 27.9 Å². The molecule has 0 aliphatic carbocycles. The first kappa shape index (κ1) is 18.2. The molecule has 0 fully saturated rings. The van der Waals surface area contributed by atoms with Gasteiger partial charge in [0.15, 0.2) is 5.65 Å². The van der Waals surface area contributed by atoms with Gasteiger partial charge in [-0.15, -0.1) is 0 Å². The lowest BCUT2D eigenvalue weighted by Gasteiger charge is -2.10. The standard InChI is InChI=1S/C23H21N5O2/c1-4-27-20-10-7-13-24-21(20)28(23(27)29)18-12-11-16(14-15(18)2)30-22-25-17-8-5-6-9-19(17)26(22)3/h5-14H,4H2,1-3H3. The molecule has 0 bridgehead atoms. The number of aromatic nitrogens is 5. The van der Waals surface area contributed by atoms with Crippen LogP contribution >= 0.6 is 0 Å². The van der Waals surface area contributed by atoms with Gasteiger partial charge in [0.2, 0.25) is 0 Å². The van der Waals surface area contributed by atoms with Crippen molar-refractivity contribution in [3.63, 3.8) is 0 Å². The molecular formula is C23H21N5O2. The van der Waals surface area contributed by atoms with E-state index in [9.17, 15) is 4.79 Å². The molecule has 0 saturated carbocycles. The third-order valence-corrected chi connectivity index (χ3v) is 5.37. The average Bonchev–Trinajstić information content (AvgIpc) is 3.22. The van der Waals surface area contributed by atoms with E-state index < -0.39 is 0 Å². The van der Waals surface area contributed by atoms with Gasteiger partial charge in [0.1, 0.15) is 5.75 Å². The van der Waals surface area contributed by atoms with Gasteiger partial charge in [-0.25, -0.2) is 14.3 Å². The maximum atomic E-state index is 13.0. The van der Waals surface area contributed by atoms with Crippen LogP contribution in [-0.2, 0) is 13.6 Å². The first-order valence-corrected chi connectivity index (χ1v) is 9.85. The largest absolute Gasteiger partial charge is 0.425 e. The number of rotatable bonds is 4. The van der Waals surface area contributed by atoms with Crippen molar-refractivity contribution in [3.8, 4) is 17.4 Å². The van der Waals surface area contributed by atoms with Crippen LogP contribution in [0.1, 0.15) is 12.5 Å². The smallest absolute Gasteiger partial charge is 0.334 e. The predicted molar refractivity (Wildman–Crippen MR) is 117 cm³/mol. The Hall–Kier alpha value is -3.87. The number of hydrogen-bond acceptors (Lipinski definition) is 4. The Morgan fingerprint density at radius 2 is 1.83 bits per heavy atom. The Kier molecular flexibility index (Phi) is 4.17. The van der Waals surface area contributed by atoms with Gasteiger partial charge >= 0.3 is 11.7 Å². The molecule has 3 heterocycles. The van der Waals surface area contributed by atoms with E-state index in [1.807, 2.05) is 80.1 Å². The van der Waals surface area contributed by atoms with Crippen molar-refractivity contribution in [2.75, 3.05) is 0 Å². The fourth-order valence-electron chi connectivity index (χ4n) is 3.87. The van der Waals surface area contributed by atoms with Crippen molar-refractivity contribution in [1.82, 2.24) is 23.7 Å². The molecule has 0 aliphatic heterocycles. The van der Waals surface area contributed by atoms with Gasteiger partial charge in [-0.3, -0.25) is 9.13 Å². The van der Waals surface area contributed by atoms with Gasteiger partial charge in [0.25, 0.3) is 0 Å². The second kappa shape index (κ2) is 6.88. The Bertz CT molecular complexity index is 1460. The summed E-state index contributed by atoms with van der Waals surface area (Å²) in [6.07, 6.45) is 1.71. The van der Waals surface area contributed by atoms with E-state index in [1.54, 1.807) is 15.3 Å². The summed E-state index contributed by atoms with van der Waals surface area (Å²) in [4.78, 5) is 22.0. The van der Waals surface area contributed by atoms with Gasteiger partial charge in [-0.1, -0.05) is 12.1 Å². The van der Waals surface area contributed by atoms with Crippen molar-refractivity contribution < 1.29 is 4.74 Å². The molecule has 7 heteroatoms. The molecule has 0 unspecified atom stereocenters. The van der Waals surface area contributed by atoms with E-state index in [0.717, 1.165) is 27.8 Å². The van der Waals surface area contributed by atoms with Gasteiger partial charge in [-0.05, 0) is 61.9 Å². The number of aryl methyl sites for hydroxylation is 3. The molecule has 5 aromatic rings. The highest BCUT2D eigenvalue weighted by molar-refractivity contribution is 5.76. The summed E-state index contributed by atoms with van der Waals surface area (Å²) in [5.41, 5.74) is 4.96. The highest BCUT2D eigenvalue weighted by Gasteiger charge is 2.17. The SMILES string of the molecule is CCn1c(=O)n(-c2ccc(Oc3nc4ccccc4n3C)cc2C)c2ncccc21. The quantitative estimate of drug-likeness (QED) is 0.454. The van der Waals surface area contributed by atoms with E-state index >= 15 is 0 Å². The zero-order valence-corrected chi connectivity index (χ0v) is 17.0. The first-order valence-electron chi connectivity index (χ1n) is 9.85. The molecule has 2 aromatic carbocycles. The molecule has 0 aliphatic rings. The molecule has 150 valence electrons. The summed E-state index contributed by atoms with van der Waals surface area (Å²) < 4.78 is 11.4. The average molecular weight is 399 g/mol. The predicted octanol–water partition coefficient (Wildman–Crippen LogP) is 4.19. The monoisotopic (exact) mass is 399 g/mol. The van der Waals surface area contributed by atoms with Crippen LogP contribution in [0.15, 0.2) is 65.6 Å². The zero-order valence-electron chi connectivity index (χ0n) is 17.0. The zero-order chi connectivity index (χ0) is 20.8. The van der Waals surface area contributed by atoms with Crippen LogP contribution in [0, 0.1) is 6.92 Å². The van der Waals surface area contributed by atoms with Crippen LogP contribution < -0.4 is 10.4 Å². The minimum atomic E-state index is -0.0988. The number of pyridine rings is 1. The van der Waals surface area contributed by atoms with Crippen LogP contribution in [0.2, 0.25) is 0 Å². The van der Waals surface area contributed by atoms with Crippen LogP contribution in [0.5, 0.6) is 11.8 Å². The molecule has 0 radical (unpaired) electrons. The number of benzene rings is 2. The second-order valence-electron chi connectivity index (χ2n) is 7.20. The fourth-order valence-corrected chi connectivity index (χ4v) is 3.87. The molecule has 30 heavy (non-hydrogen) atoms. The lowest BCUT2D eigenvalue weighted by atomic mass is 10.2. The molecule has 0 amide bonds. The molecule has 3 aromatic heterocycles. The molecule has 7 nitrogen and oxygen atoms in total. The number of ether oxygens (including phenoxy) is 1. The molecule has 0 saturated heterocycles. The van der Waals surface area contributed by atoms with Crippen molar-refractivity contribution in [2.45, 2.75) is 20.4 Å². The molecule has 0 atom stereocenters. The minimum absolute atomic E-state index is 0.0988. The van der Waals surface area contributed by atoms with E-state index in [4.69, 9.17) is 4.74 Å². The summed E-state index contributed by atoms with van der Waals surface area (Å²) >= 11 is 0. The number of imidazole rings is 2. The third kappa shape index (κ3) is 2.70. The Morgan fingerprint density at radius 1 is 1.03 bits per heavy atom. The molecular weight excluding hydrogens is 378 g/mol. The minimum Gasteiger partial charge on any atom is -0.425 e. The fraction of sp³-hybridized carbons (Fsp3) is 0.174. The van der Waals surface area contributed by atoms with E-state index in [-0.39, 0.29) is 5.69 Å². The molecule has 0 N–H and O–H groups in total. The van der Waals surface area contributed by atoms with Crippen LogP contribution in [0.4, 0.5) is 0 Å². The highest BCUT2D eigenvalue weighted by atomic mass is 16.5. The summed E-state index contributed by atoms with van der Waals surface area (Å²) in [7, 11) is 1.93. The van der Waals surface area contributed by atoms with Crippen molar-refractivity contribution in [2.24, 2.45) is 7.05 Å². The van der Waals surface area contributed by atoms with Gasteiger partial charge < -0.3 is 4.74 Å². The molecule has 0 spiro atoms. The highest BCUT2D eigenvalue weighted by Crippen LogP contribution is 2.28. The summed E-state index contributed by atoms with van der Waals surface area (Å²) in [6, 6.07) is 17.8. The first-order chi connectivity index (χ1) is 14.6.